The van der Waals surface area contributed by atoms with Crippen molar-refractivity contribution in [3.63, 3.8) is 0 Å². The lowest BCUT2D eigenvalue weighted by Gasteiger charge is -2.20. The van der Waals surface area contributed by atoms with Crippen LogP contribution in [0.2, 0.25) is 0 Å². The zero-order valence-corrected chi connectivity index (χ0v) is 12.3. The van der Waals surface area contributed by atoms with Crippen LogP contribution in [0.5, 0.6) is 0 Å². The van der Waals surface area contributed by atoms with Crippen molar-refractivity contribution >= 4 is 33.2 Å². The smallest absolute Gasteiger partial charge is 0.336 e. The minimum Gasteiger partial charge on any atom is -0.478 e. The van der Waals surface area contributed by atoms with Crippen molar-refractivity contribution in [3.05, 3.63) is 17.0 Å². The molecular formula is C11H14N2O5S2. The topological polar surface area (TPSA) is 118 Å². The Hall–Kier alpha value is -1.45. The average Bonchev–Trinajstić information content (AvgIpc) is 2.96. The van der Waals surface area contributed by atoms with Crippen LogP contribution < -0.4 is 5.73 Å². The van der Waals surface area contributed by atoms with Crippen LogP contribution in [0.3, 0.4) is 0 Å². The summed E-state index contributed by atoms with van der Waals surface area (Å²) in [5.74, 6) is -1.71. The Morgan fingerprint density at radius 3 is 2.60 bits per heavy atom. The number of sulfonamides is 1. The molecule has 1 aliphatic rings. The molecule has 2 rings (SSSR count). The molecule has 20 heavy (non-hydrogen) atoms. The maximum Gasteiger partial charge on any atom is 0.336 e. The van der Waals surface area contributed by atoms with E-state index in [0.717, 1.165) is 17.4 Å². The molecule has 0 bridgehead atoms. The number of carbonyl (C=O) groups is 2. The summed E-state index contributed by atoms with van der Waals surface area (Å²) >= 11 is 0.854. The van der Waals surface area contributed by atoms with E-state index in [9.17, 15) is 18.0 Å². The van der Waals surface area contributed by atoms with Crippen LogP contribution in [0.25, 0.3) is 0 Å². The number of hydrogen-bond donors (Lipinski definition) is 2. The summed E-state index contributed by atoms with van der Waals surface area (Å²) < 4.78 is 25.9. The van der Waals surface area contributed by atoms with E-state index >= 15 is 0 Å². The SMILES string of the molecule is CC1(C(N)=O)CCN(S(=O)(=O)c2cc(C(=O)O)cs2)C1. The van der Waals surface area contributed by atoms with Crippen LogP contribution in [0, 0.1) is 5.41 Å². The Morgan fingerprint density at radius 1 is 1.50 bits per heavy atom. The van der Waals surface area contributed by atoms with Gasteiger partial charge in [0.1, 0.15) is 4.21 Å². The first kappa shape index (κ1) is 14.9. The van der Waals surface area contributed by atoms with Gasteiger partial charge in [0.05, 0.1) is 11.0 Å². The van der Waals surface area contributed by atoms with Crippen molar-refractivity contribution in [2.24, 2.45) is 11.1 Å². The molecule has 1 saturated heterocycles. The number of hydrogen-bond acceptors (Lipinski definition) is 5. The van der Waals surface area contributed by atoms with E-state index in [0.29, 0.717) is 6.42 Å². The summed E-state index contributed by atoms with van der Waals surface area (Å²) in [5.41, 5.74) is 4.35. The summed E-state index contributed by atoms with van der Waals surface area (Å²) in [6.45, 7) is 1.84. The summed E-state index contributed by atoms with van der Waals surface area (Å²) in [6, 6.07) is 1.13. The molecule has 0 aromatic carbocycles. The minimum absolute atomic E-state index is 0.0188. The third-order valence-electron chi connectivity index (χ3n) is 3.45. The molecule has 1 aliphatic heterocycles. The van der Waals surface area contributed by atoms with E-state index in [-0.39, 0.29) is 22.9 Å². The quantitative estimate of drug-likeness (QED) is 0.829. The molecule has 0 radical (unpaired) electrons. The molecule has 1 fully saturated rings. The monoisotopic (exact) mass is 318 g/mol. The largest absolute Gasteiger partial charge is 0.478 e. The van der Waals surface area contributed by atoms with Crippen LogP contribution in [-0.4, -0.2) is 42.8 Å². The number of thiophene rings is 1. The van der Waals surface area contributed by atoms with E-state index in [1.165, 1.54) is 9.69 Å². The summed E-state index contributed by atoms with van der Waals surface area (Å²) in [7, 11) is -3.78. The second-order valence-corrected chi connectivity index (χ2v) is 8.05. The molecule has 0 saturated carbocycles. The first-order valence-electron chi connectivity index (χ1n) is 5.79. The Kier molecular flexibility index (Phi) is 3.61. The molecule has 9 heteroatoms. The van der Waals surface area contributed by atoms with Gasteiger partial charge in [0, 0.05) is 18.5 Å². The van der Waals surface area contributed by atoms with Gasteiger partial charge in [-0.15, -0.1) is 11.3 Å². The van der Waals surface area contributed by atoms with Crippen molar-refractivity contribution in [1.29, 1.82) is 0 Å². The molecule has 1 aromatic rings. The highest BCUT2D eigenvalue weighted by atomic mass is 32.2. The zero-order valence-electron chi connectivity index (χ0n) is 10.7. The second-order valence-electron chi connectivity index (χ2n) is 4.97. The van der Waals surface area contributed by atoms with Crippen LogP contribution in [0.4, 0.5) is 0 Å². The van der Waals surface area contributed by atoms with Crippen molar-refractivity contribution in [2.45, 2.75) is 17.6 Å². The van der Waals surface area contributed by atoms with Crippen LogP contribution in [0.1, 0.15) is 23.7 Å². The fourth-order valence-corrected chi connectivity index (χ4v) is 4.89. The number of nitrogens with two attached hydrogens (primary N) is 1. The number of rotatable bonds is 4. The Balaban J connectivity index is 2.28. The second kappa shape index (κ2) is 4.83. The van der Waals surface area contributed by atoms with Gasteiger partial charge in [0.25, 0.3) is 10.0 Å². The Labute approximate surface area is 120 Å². The summed E-state index contributed by atoms with van der Waals surface area (Å²) in [4.78, 5) is 22.1. The van der Waals surface area contributed by atoms with E-state index < -0.39 is 27.3 Å². The van der Waals surface area contributed by atoms with Crippen molar-refractivity contribution in [3.8, 4) is 0 Å². The Bertz CT molecular complexity index is 666. The van der Waals surface area contributed by atoms with Gasteiger partial charge < -0.3 is 10.8 Å². The van der Waals surface area contributed by atoms with E-state index in [4.69, 9.17) is 10.8 Å². The third-order valence-corrected chi connectivity index (χ3v) is 6.71. The van der Waals surface area contributed by atoms with E-state index in [1.807, 2.05) is 0 Å². The Morgan fingerprint density at radius 2 is 2.15 bits per heavy atom. The molecule has 7 nitrogen and oxygen atoms in total. The van der Waals surface area contributed by atoms with Crippen LogP contribution in [0.15, 0.2) is 15.7 Å². The molecular weight excluding hydrogens is 304 g/mol. The molecule has 3 N–H and O–H groups in total. The molecule has 1 amide bonds. The van der Waals surface area contributed by atoms with Gasteiger partial charge >= 0.3 is 5.97 Å². The predicted molar refractivity (Wildman–Crippen MR) is 72.0 cm³/mol. The van der Waals surface area contributed by atoms with Gasteiger partial charge in [-0.25, -0.2) is 13.2 Å². The molecule has 1 atom stereocenters. The highest BCUT2D eigenvalue weighted by Gasteiger charge is 2.44. The van der Waals surface area contributed by atoms with Gasteiger partial charge in [-0.2, -0.15) is 4.31 Å². The number of aromatic carboxylic acids is 1. The predicted octanol–water partition coefficient (Wildman–Crippen LogP) is 0.332. The van der Waals surface area contributed by atoms with Gasteiger partial charge in [0.2, 0.25) is 5.91 Å². The van der Waals surface area contributed by atoms with Crippen LogP contribution >= 0.6 is 11.3 Å². The van der Waals surface area contributed by atoms with E-state index in [2.05, 4.69) is 0 Å². The lowest BCUT2D eigenvalue weighted by molar-refractivity contribution is -0.126. The van der Waals surface area contributed by atoms with Crippen molar-refractivity contribution in [2.75, 3.05) is 13.1 Å². The van der Waals surface area contributed by atoms with Gasteiger partial charge in [-0.05, 0) is 19.4 Å². The number of carbonyl (C=O) groups excluding carboxylic acids is 1. The molecule has 0 spiro atoms. The van der Waals surface area contributed by atoms with Crippen molar-refractivity contribution < 1.29 is 23.1 Å². The maximum absolute atomic E-state index is 12.4. The normalized spacial score (nSPS) is 23.9. The number of amides is 1. The van der Waals surface area contributed by atoms with Gasteiger partial charge in [0.15, 0.2) is 0 Å². The standard InChI is InChI=1S/C11H14N2O5S2/c1-11(10(12)16)2-3-13(6-11)20(17,18)8-4-7(5-19-8)9(14)15/h4-5H,2-3,6H2,1H3,(H2,12,16)(H,14,15). The molecule has 1 aromatic heterocycles. The minimum atomic E-state index is -3.78. The molecule has 110 valence electrons. The maximum atomic E-state index is 12.4. The highest BCUT2D eigenvalue weighted by molar-refractivity contribution is 7.91. The van der Waals surface area contributed by atoms with Crippen molar-refractivity contribution in [1.82, 2.24) is 4.31 Å². The molecule has 1 unspecified atom stereocenters. The lowest BCUT2D eigenvalue weighted by atomic mass is 9.89. The lowest BCUT2D eigenvalue weighted by Crippen LogP contribution is -2.38. The van der Waals surface area contributed by atoms with Crippen LogP contribution in [-0.2, 0) is 14.8 Å². The summed E-state index contributed by atoms with van der Waals surface area (Å²) in [5, 5.41) is 10.1. The highest BCUT2D eigenvalue weighted by Crippen LogP contribution is 2.34. The zero-order chi connectivity index (χ0) is 15.1. The third kappa shape index (κ3) is 2.43. The first-order valence-corrected chi connectivity index (χ1v) is 8.11. The summed E-state index contributed by atoms with van der Waals surface area (Å²) in [6.07, 6.45) is 0.360. The number of carboxylic acids is 1. The average molecular weight is 318 g/mol. The molecule has 2 heterocycles. The number of carboxylic acid groups (broad SMARTS) is 1. The van der Waals surface area contributed by atoms with Gasteiger partial charge in [-0.1, -0.05) is 0 Å². The number of nitrogens with zero attached hydrogens (tertiary/aromatic N) is 1. The fraction of sp³-hybridized carbons (Fsp3) is 0.455. The first-order chi connectivity index (χ1) is 9.17. The van der Waals surface area contributed by atoms with Gasteiger partial charge in [-0.3, -0.25) is 4.79 Å². The van der Waals surface area contributed by atoms with E-state index in [1.54, 1.807) is 6.92 Å². The number of primary amides is 1. The molecule has 0 aliphatic carbocycles. The fourth-order valence-electron chi connectivity index (χ4n) is 2.02.